The lowest BCUT2D eigenvalue weighted by molar-refractivity contribution is 0.405. The number of hydrogen-bond acceptors (Lipinski definition) is 7. The topological polar surface area (TPSA) is 81.2 Å². The fourth-order valence-corrected chi connectivity index (χ4v) is 2.50. The van der Waals surface area contributed by atoms with Crippen LogP contribution in [0.4, 0.5) is 17.5 Å². The first kappa shape index (κ1) is 17.8. The van der Waals surface area contributed by atoms with Gasteiger partial charge in [0.2, 0.25) is 5.95 Å². The van der Waals surface area contributed by atoms with Gasteiger partial charge in [0.25, 0.3) is 0 Å². The summed E-state index contributed by atoms with van der Waals surface area (Å²) in [6.45, 7) is 0.528. The number of anilines is 3. The van der Waals surface area contributed by atoms with Crippen molar-refractivity contribution in [3.8, 4) is 11.5 Å². The predicted molar refractivity (Wildman–Crippen MR) is 101 cm³/mol. The van der Waals surface area contributed by atoms with Gasteiger partial charge in [-0.2, -0.15) is 10.1 Å². The minimum atomic E-state index is 0.334. The standard InChI is InChI=1S/C18H18ClN5O2/c1-25-13-7-8-16(26-2)15(9-13)22-18-23-17(11-21-24-18)20-10-12-5-3-4-6-14(12)19/h3-9,11H,10H2,1-2H3,(H2,20,22,23,24). The van der Waals surface area contributed by atoms with E-state index in [9.17, 15) is 0 Å². The fraction of sp³-hybridized carbons (Fsp3) is 0.167. The zero-order valence-electron chi connectivity index (χ0n) is 14.4. The Balaban J connectivity index is 1.74. The number of benzene rings is 2. The minimum Gasteiger partial charge on any atom is -0.497 e. The fourth-order valence-electron chi connectivity index (χ4n) is 2.30. The summed E-state index contributed by atoms with van der Waals surface area (Å²) in [4.78, 5) is 4.41. The molecule has 0 aliphatic carbocycles. The Labute approximate surface area is 156 Å². The van der Waals surface area contributed by atoms with Gasteiger partial charge in [-0.1, -0.05) is 29.8 Å². The second-order valence-electron chi connectivity index (χ2n) is 5.30. The number of hydrogen-bond donors (Lipinski definition) is 2. The molecule has 0 radical (unpaired) electrons. The van der Waals surface area contributed by atoms with Crippen molar-refractivity contribution in [1.82, 2.24) is 15.2 Å². The molecular formula is C18H18ClN5O2. The summed E-state index contributed by atoms with van der Waals surface area (Å²) >= 11 is 6.16. The Bertz CT molecular complexity index is 891. The molecule has 0 saturated carbocycles. The maximum Gasteiger partial charge on any atom is 0.249 e. The van der Waals surface area contributed by atoms with Gasteiger partial charge in [0, 0.05) is 17.6 Å². The predicted octanol–water partition coefficient (Wildman–Crippen LogP) is 3.90. The number of aromatic nitrogens is 3. The van der Waals surface area contributed by atoms with Gasteiger partial charge in [-0.25, -0.2) is 0 Å². The summed E-state index contributed by atoms with van der Waals surface area (Å²) in [6.07, 6.45) is 1.55. The zero-order valence-corrected chi connectivity index (χ0v) is 15.1. The Hall–Kier alpha value is -3.06. The van der Waals surface area contributed by atoms with Crippen LogP contribution in [0, 0.1) is 0 Å². The molecule has 0 atom stereocenters. The quantitative estimate of drug-likeness (QED) is 0.651. The largest absolute Gasteiger partial charge is 0.497 e. The van der Waals surface area contributed by atoms with Crippen LogP contribution < -0.4 is 20.1 Å². The van der Waals surface area contributed by atoms with Crippen LogP contribution in [0.2, 0.25) is 5.02 Å². The number of halogens is 1. The number of nitrogens with one attached hydrogen (secondary N) is 2. The average molecular weight is 372 g/mol. The van der Waals surface area contributed by atoms with Crippen LogP contribution in [0.1, 0.15) is 5.56 Å². The highest BCUT2D eigenvalue weighted by atomic mass is 35.5. The summed E-state index contributed by atoms with van der Waals surface area (Å²) < 4.78 is 10.6. The first-order valence-corrected chi connectivity index (χ1v) is 8.23. The van der Waals surface area contributed by atoms with Crippen LogP contribution in [0.3, 0.4) is 0 Å². The van der Waals surface area contributed by atoms with Crippen LogP contribution in [0.25, 0.3) is 0 Å². The third kappa shape index (κ3) is 4.31. The van der Waals surface area contributed by atoms with E-state index in [2.05, 4.69) is 25.8 Å². The van der Waals surface area contributed by atoms with E-state index >= 15 is 0 Å². The molecule has 0 unspecified atom stereocenters. The summed E-state index contributed by atoms with van der Waals surface area (Å²) in [5, 5.41) is 14.9. The van der Waals surface area contributed by atoms with E-state index in [1.54, 1.807) is 32.5 Å². The van der Waals surface area contributed by atoms with Gasteiger partial charge in [-0.15, -0.1) is 5.10 Å². The van der Waals surface area contributed by atoms with Gasteiger partial charge in [-0.3, -0.25) is 0 Å². The minimum absolute atomic E-state index is 0.334. The van der Waals surface area contributed by atoms with E-state index in [-0.39, 0.29) is 0 Å². The highest BCUT2D eigenvalue weighted by molar-refractivity contribution is 6.31. The number of rotatable bonds is 7. The van der Waals surface area contributed by atoms with Gasteiger partial charge >= 0.3 is 0 Å². The molecule has 0 fully saturated rings. The summed E-state index contributed by atoms with van der Waals surface area (Å²) in [7, 11) is 3.19. The molecule has 2 N–H and O–H groups in total. The maximum absolute atomic E-state index is 6.16. The number of nitrogens with zero attached hydrogens (tertiary/aromatic N) is 3. The molecule has 3 rings (SSSR count). The number of ether oxygens (including phenoxy) is 2. The molecule has 3 aromatic rings. The molecule has 1 aromatic heterocycles. The lowest BCUT2D eigenvalue weighted by Gasteiger charge is -2.12. The van der Waals surface area contributed by atoms with Crippen molar-refractivity contribution in [1.29, 1.82) is 0 Å². The van der Waals surface area contributed by atoms with Gasteiger partial charge < -0.3 is 20.1 Å². The average Bonchev–Trinajstić information content (AvgIpc) is 2.67. The Morgan fingerprint density at radius 3 is 2.69 bits per heavy atom. The van der Waals surface area contributed by atoms with Crippen LogP contribution >= 0.6 is 11.6 Å². The van der Waals surface area contributed by atoms with E-state index in [1.807, 2.05) is 30.3 Å². The molecule has 0 amide bonds. The van der Waals surface area contributed by atoms with Gasteiger partial charge in [0.15, 0.2) is 5.82 Å². The van der Waals surface area contributed by atoms with E-state index in [0.717, 1.165) is 5.56 Å². The number of methoxy groups -OCH3 is 2. The van der Waals surface area contributed by atoms with Crippen molar-refractivity contribution in [3.63, 3.8) is 0 Å². The van der Waals surface area contributed by atoms with E-state index in [0.29, 0.717) is 40.5 Å². The van der Waals surface area contributed by atoms with Crippen LogP contribution in [0.15, 0.2) is 48.7 Å². The normalized spacial score (nSPS) is 10.3. The van der Waals surface area contributed by atoms with Crippen LogP contribution in [-0.2, 0) is 6.54 Å². The van der Waals surface area contributed by atoms with E-state index in [4.69, 9.17) is 21.1 Å². The smallest absolute Gasteiger partial charge is 0.249 e. The summed E-state index contributed by atoms with van der Waals surface area (Å²) in [6, 6.07) is 13.0. The van der Waals surface area contributed by atoms with Crippen molar-refractivity contribution < 1.29 is 9.47 Å². The lowest BCUT2D eigenvalue weighted by Crippen LogP contribution is -2.06. The van der Waals surface area contributed by atoms with Crippen molar-refractivity contribution in [2.24, 2.45) is 0 Å². The highest BCUT2D eigenvalue weighted by Crippen LogP contribution is 2.30. The molecule has 134 valence electrons. The molecule has 8 heteroatoms. The summed E-state index contributed by atoms with van der Waals surface area (Å²) in [5.41, 5.74) is 1.65. The molecule has 1 heterocycles. The molecule has 26 heavy (non-hydrogen) atoms. The highest BCUT2D eigenvalue weighted by Gasteiger charge is 2.08. The Morgan fingerprint density at radius 2 is 1.92 bits per heavy atom. The monoisotopic (exact) mass is 371 g/mol. The molecule has 0 spiro atoms. The van der Waals surface area contributed by atoms with Gasteiger partial charge in [0.05, 0.1) is 26.1 Å². The van der Waals surface area contributed by atoms with E-state index in [1.165, 1.54) is 0 Å². The second kappa shape index (κ2) is 8.35. The maximum atomic E-state index is 6.16. The molecule has 0 aliphatic rings. The molecule has 0 aliphatic heterocycles. The molecule has 0 saturated heterocycles. The first-order valence-electron chi connectivity index (χ1n) is 7.85. The third-order valence-corrected chi connectivity index (χ3v) is 4.00. The van der Waals surface area contributed by atoms with Crippen molar-refractivity contribution in [3.05, 3.63) is 59.2 Å². The van der Waals surface area contributed by atoms with Crippen molar-refractivity contribution >= 4 is 29.1 Å². The lowest BCUT2D eigenvalue weighted by atomic mass is 10.2. The molecule has 2 aromatic carbocycles. The Kier molecular flexibility index (Phi) is 5.70. The van der Waals surface area contributed by atoms with Crippen molar-refractivity contribution in [2.45, 2.75) is 6.54 Å². The Morgan fingerprint density at radius 1 is 1.08 bits per heavy atom. The second-order valence-corrected chi connectivity index (χ2v) is 5.71. The van der Waals surface area contributed by atoms with E-state index < -0.39 is 0 Å². The zero-order chi connectivity index (χ0) is 18.4. The summed E-state index contributed by atoms with van der Waals surface area (Å²) in [5.74, 6) is 2.24. The molecule has 0 bridgehead atoms. The van der Waals surface area contributed by atoms with Crippen LogP contribution in [-0.4, -0.2) is 29.4 Å². The van der Waals surface area contributed by atoms with Crippen molar-refractivity contribution in [2.75, 3.05) is 24.9 Å². The van der Waals surface area contributed by atoms with Gasteiger partial charge in [0.1, 0.15) is 11.5 Å². The molecular weight excluding hydrogens is 354 g/mol. The third-order valence-electron chi connectivity index (χ3n) is 3.63. The molecule has 7 nitrogen and oxygen atoms in total. The first-order chi connectivity index (χ1) is 12.7. The SMILES string of the molecule is COc1ccc(OC)c(Nc2nncc(NCc3ccccc3Cl)n2)c1. The van der Waals surface area contributed by atoms with Gasteiger partial charge in [-0.05, 0) is 23.8 Å². The van der Waals surface area contributed by atoms with Crippen LogP contribution in [0.5, 0.6) is 11.5 Å².